The van der Waals surface area contributed by atoms with Crippen LogP contribution >= 0.6 is 0 Å². The lowest BCUT2D eigenvalue weighted by atomic mass is 9.95. The molecule has 0 radical (unpaired) electrons. The van der Waals surface area contributed by atoms with Gasteiger partial charge < -0.3 is 10.1 Å². The fourth-order valence-corrected chi connectivity index (χ4v) is 3.57. The molecule has 2 aromatic rings. The van der Waals surface area contributed by atoms with E-state index in [1.54, 1.807) is 24.7 Å². The van der Waals surface area contributed by atoms with E-state index < -0.39 is 12.1 Å². The smallest absolute Gasteiger partial charge is 0.339 e. The van der Waals surface area contributed by atoms with E-state index in [0.29, 0.717) is 28.0 Å². The number of carbonyl (C=O) groups excluding carboxylic acids is 2. The molecule has 140 valence electrons. The highest BCUT2D eigenvalue weighted by Gasteiger charge is 2.25. The third-order valence-corrected chi connectivity index (χ3v) is 4.92. The van der Waals surface area contributed by atoms with Crippen molar-refractivity contribution >= 4 is 22.9 Å². The first-order valence-corrected chi connectivity index (χ1v) is 9.19. The molecule has 0 bridgehead atoms. The molecule has 2 aromatic heterocycles. The average molecular weight is 358 g/mol. The van der Waals surface area contributed by atoms with Crippen LogP contribution in [0.4, 0.5) is 0 Å². The van der Waals surface area contributed by atoms with E-state index in [1.807, 2.05) is 13.8 Å². The first-order valence-electron chi connectivity index (χ1n) is 9.19. The Labute approximate surface area is 153 Å². The van der Waals surface area contributed by atoms with Crippen LogP contribution in [0.5, 0.6) is 0 Å². The van der Waals surface area contributed by atoms with E-state index in [2.05, 4.69) is 15.4 Å². The van der Waals surface area contributed by atoms with Gasteiger partial charge in [0.1, 0.15) is 0 Å². The van der Waals surface area contributed by atoms with Gasteiger partial charge in [0.25, 0.3) is 5.91 Å². The van der Waals surface area contributed by atoms with Crippen molar-refractivity contribution in [1.29, 1.82) is 0 Å². The van der Waals surface area contributed by atoms with Crippen LogP contribution in [0.2, 0.25) is 0 Å². The highest BCUT2D eigenvalue weighted by Crippen LogP contribution is 2.23. The molecule has 1 aliphatic rings. The van der Waals surface area contributed by atoms with E-state index in [-0.39, 0.29) is 11.9 Å². The molecule has 1 atom stereocenters. The van der Waals surface area contributed by atoms with Crippen LogP contribution in [0.15, 0.2) is 6.07 Å². The van der Waals surface area contributed by atoms with Crippen molar-refractivity contribution in [2.24, 2.45) is 7.05 Å². The van der Waals surface area contributed by atoms with Gasteiger partial charge in [-0.15, -0.1) is 0 Å². The number of carbonyl (C=O) groups is 2. The first-order chi connectivity index (χ1) is 12.4. The molecule has 1 N–H and O–H groups in total. The number of esters is 1. The summed E-state index contributed by atoms with van der Waals surface area (Å²) in [5.41, 5.74) is 2.44. The summed E-state index contributed by atoms with van der Waals surface area (Å²) in [6.45, 7) is 5.25. The van der Waals surface area contributed by atoms with Crippen molar-refractivity contribution < 1.29 is 14.3 Å². The number of ether oxygens (including phenoxy) is 1. The number of nitrogens with zero attached hydrogens (tertiary/aromatic N) is 3. The lowest BCUT2D eigenvalue weighted by molar-refractivity contribution is -0.130. The van der Waals surface area contributed by atoms with Crippen LogP contribution in [0.1, 0.15) is 60.8 Å². The third kappa shape index (κ3) is 3.71. The second-order valence-electron chi connectivity index (χ2n) is 7.11. The summed E-state index contributed by atoms with van der Waals surface area (Å²) in [4.78, 5) is 29.5. The first kappa shape index (κ1) is 18.4. The topological polar surface area (TPSA) is 86.1 Å². The lowest BCUT2D eigenvalue weighted by Crippen LogP contribution is -2.42. The van der Waals surface area contributed by atoms with E-state index in [0.717, 1.165) is 25.7 Å². The van der Waals surface area contributed by atoms with Crippen molar-refractivity contribution in [3.05, 3.63) is 23.0 Å². The minimum Gasteiger partial charge on any atom is -0.449 e. The van der Waals surface area contributed by atoms with Gasteiger partial charge in [-0.1, -0.05) is 19.3 Å². The highest BCUT2D eigenvalue weighted by atomic mass is 16.5. The Bertz CT molecular complexity index is 837. The SMILES string of the molecule is Cc1cc(C(=O)OC(C)C(=O)NC2CCCCC2)c2c(C)nn(C)c2n1. The van der Waals surface area contributed by atoms with E-state index in [9.17, 15) is 9.59 Å². The van der Waals surface area contributed by atoms with Crippen molar-refractivity contribution in [2.75, 3.05) is 0 Å². The molecule has 0 saturated heterocycles. The van der Waals surface area contributed by atoms with Crippen LogP contribution in [-0.4, -0.2) is 38.8 Å². The molecule has 7 nitrogen and oxygen atoms in total. The Morgan fingerprint density at radius 1 is 1.27 bits per heavy atom. The summed E-state index contributed by atoms with van der Waals surface area (Å²) < 4.78 is 7.10. The van der Waals surface area contributed by atoms with Crippen LogP contribution in [0, 0.1) is 13.8 Å². The molecule has 3 rings (SSSR count). The number of pyridine rings is 1. The van der Waals surface area contributed by atoms with Gasteiger partial charge in [-0.3, -0.25) is 9.48 Å². The predicted octanol–water partition coefficient (Wildman–Crippen LogP) is 2.58. The highest BCUT2D eigenvalue weighted by molar-refractivity contribution is 6.04. The fraction of sp³-hybridized carbons (Fsp3) is 0.579. The summed E-state index contributed by atoms with van der Waals surface area (Å²) in [6.07, 6.45) is 4.63. The zero-order valence-corrected chi connectivity index (χ0v) is 15.8. The van der Waals surface area contributed by atoms with Gasteiger partial charge in [0, 0.05) is 18.8 Å². The molecule has 0 aromatic carbocycles. The summed E-state index contributed by atoms with van der Waals surface area (Å²) in [5, 5.41) is 8.00. The molecule has 1 aliphatic carbocycles. The molecule has 26 heavy (non-hydrogen) atoms. The quantitative estimate of drug-likeness (QED) is 0.849. The average Bonchev–Trinajstić information content (AvgIpc) is 2.89. The number of aryl methyl sites for hydroxylation is 3. The molecule has 1 fully saturated rings. The Balaban J connectivity index is 1.75. The van der Waals surface area contributed by atoms with Crippen molar-refractivity contribution in [3.63, 3.8) is 0 Å². The minimum atomic E-state index is -0.843. The second-order valence-corrected chi connectivity index (χ2v) is 7.11. The zero-order valence-electron chi connectivity index (χ0n) is 15.8. The molecule has 2 heterocycles. The standard InChI is InChI=1S/C19H26N4O3/c1-11-10-15(16-12(2)22-23(4)17(16)20-11)19(25)26-13(3)18(24)21-14-8-6-5-7-9-14/h10,13-14H,5-9H2,1-4H3,(H,21,24). The summed E-state index contributed by atoms with van der Waals surface area (Å²) in [7, 11) is 1.79. The molecule has 1 amide bonds. The second kappa shape index (κ2) is 7.43. The summed E-state index contributed by atoms with van der Waals surface area (Å²) >= 11 is 0. The zero-order chi connectivity index (χ0) is 18.8. The maximum Gasteiger partial charge on any atom is 0.339 e. The van der Waals surface area contributed by atoms with Gasteiger partial charge in [0.15, 0.2) is 11.8 Å². The Morgan fingerprint density at radius 3 is 2.65 bits per heavy atom. The third-order valence-electron chi connectivity index (χ3n) is 4.92. The van der Waals surface area contributed by atoms with Crippen molar-refractivity contribution in [3.8, 4) is 0 Å². The Hall–Kier alpha value is -2.44. The summed E-state index contributed by atoms with van der Waals surface area (Å²) in [6, 6.07) is 1.87. The van der Waals surface area contributed by atoms with Gasteiger partial charge >= 0.3 is 5.97 Å². The number of hydrogen-bond donors (Lipinski definition) is 1. The van der Waals surface area contributed by atoms with Crippen LogP contribution < -0.4 is 5.32 Å². The molecule has 7 heteroatoms. The lowest BCUT2D eigenvalue weighted by Gasteiger charge is -2.24. The molecule has 0 aliphatic heterocycles. The van der Waals surface area contributed by atoms with E-state index in [4.69, 9.17) is 4.74 Å². The largest absolute Gasteiger partial charge is 0.449 e. The van der Waals surface area contributed by atoms with Gasteiger partial charge in [-0.05, 0) is 39.7 Å². The Morgan fingerprint density at radius 2 is 1.96 bits per heavy atom. The molecule has 1 unspecified atom stereocenters. The van der Waals surface area contributed by atoms with E-state index >= 15 is 0 Å². The van der Waals surface area contributed by atoms with Gasteiger partial charge in [0.05, 0.1) is 16.6 Å². The van der Waals surface area contributed by atoms with Crippen LogP contribution in [-0.2, 0) is 16.6 Å². The fourth-order valence-electron chi connectivity index (χ4n) is 3.57. The van der Waals surface area contributed by atoms with E-state index in [1.165, 1.54) is 6.42 Å². The van der Waals surface area contributed by atoms with Crippen LogP contribution in [0.3, 0.4) is 0 Å². The van der Waals surface area contributed by atoms with Gasteiger partial charge in [-0.2, -0.15) is 5.10 Å². The van der Waals surface area contributed by atoms with Gasteiger partial charge in [0.2, 0.25) is 0 Å². The number of nitrogens with one attached hydrogen (secondary N) is 1. The molecule has 1 saturated carbocycles. The van der Waals surface area contributed by atoms with Crippen molar-refractivity contribution in [2.45, 2.75) is 65.0 Å². The number of aromatic nitrogens is 3. The number of hydrogen-bond acceptors (Lipinski definition) is 5. The molecular weight excluding hydrogens is 332 g/mol. The van der Waals surface area contributed by atoms with Crippen LogP contribution in [0.25, 0.3) is 11.0 Å². The predicted molar refractivity (Wildman–Crippen MR) is 97.9 cm³/mol. The maximum atomic E-state index is 12.7. The van der Waals surface area contributed by atoms with Gasteiger partial charge in [-0.25, -0.2) is 9.78 Å². The maximum absolute atomic E-state index is 12.7. The number of amides is 1. The monoisotopic (exact) mass is 358 g/mol. The number of fused-ring (bicyclic) bond motifs is 1. The number of rotatable bonds is 4. The Kier molecular flexibility index (Phi) is 5.25. The van der Waals surface area contributed by atoms with Crippen molar-refractivity contribution in [1.82, 2.24) is 20.1 Å². The normalized spacial score (nSPS) is 16.5. The summed E-state index contributed by atoms with van der Waals surface area (Å²) in [5.74, 6) is -0.766. The molecular formula is C19H26N4O3. The minimum absolute atomic E-state index is 0.188. The molecule has 0 spiro atoms.